The van der Waals surface area contributed by atoms with Gasteiger partial charge in [-0.2, -0.15) is 0 Å². The van der Waals surface area contributed by atoms with Gasteiger partial charge in [0.15, 0.2) is 5.65 Å². The summed E-state index contributed by atoms with van der Waals surface area (Å²) in [6, 6.07) is 0. The maximum atomic E-state index is 10.7. The molecule has 1 N–H and O–H groups in total. The first-order valence-corrected chi connectivity index (χ1v) is 4.18. The molecule has 0 saturated heterocycles. The Bertz CT molecular complexity index is 521. The molecule has 72 valence electrons. The Kier molecular flexibility index (Phi) is 1.89. The van der Waals surface area contributed by atoms with Gasteiger partial charge in [0.25, 0.3) is 0 Å². The van der Waals surface area contributed by atoms with E-state index in [0.717, 1.165) is 0 Å². The Morgan fingerprint density at radius 3 is 2.93 bits per heavy atom. The molecule has 5 nitrogen and oxygen atoms in total. The van der Waals surface area contributed by atoms with Gasteiger partial charge in [-0.25, -0.2) is 14.8 Å². The second kappa shape index (κ2) is 2.95. The molecular formula is C8H6ClN3O2. The number of aromatic nitrogens is 3. The molecule has 0 fully saturated rings. The normalized spacial score (nSPS) is 10.7. The van der Waals surface area contributed by atoms with E-state index in [1.54, 1.807) is 11.6 Å². The van der Waals surface area contributed by atoms with Crippen molar-refractivity contribution < 1.29 is 9.90 Å². The Balaban J connectivity index is 2.82. The third kappa shape index (κ3) is 1.13. The maximum Gasteiger partial charge on any atom is 0.338 e. The topological polar surface area (TPSA) is 68.0 Å². The number of imidazole rings is 1. The highest BCUT2D eigenvalue weighted by Crippen LogP contribution is 2.23. The van der Waals surface area contributed by atoms with Crippen LogP contribution in [-0.4, -0.2) is 25.6 Å². The first-order valence-electron chi connectivity index (χ1n) is 3.80. The number of aryl methyl sites for hydroxylation is 1. The van der Waals surface area contributed by atoms with E-state index in [9.17, 15) is 4.79 Å². The molecule has 0 bridgehead atoms. The van der Waals surface area contributed by atoms with Gasteiger partial charge in [-0.05, 0) is 0 Å². The minimum atomic E-state index is -1.10. The molecule has 0 aromatic carbocycles. The average Bonchev–Trinajstić information content (AvgIpc) is 2.49. The molecule has 0 spiro atoms. The second-order valence-electron chi connectivity index (χ2n) is 2.82. The molecular weight excluding hydrogens is 206 g/mol. The summed E-state index contributed by atoms with van der Waals surface area (Å²) in [5, 5.41) is 8.90. The zero-order valence-electron chi connectivity index (χ0n) is 7.23. The van der Waals surface area contributed by atoms with Gasteiger partial charge in [0.05, 0.1) is 16.9 Å². The number of carboxylic acid groups (broad SMARTS) is 1. The van der Waals surface area contributed by atoms with Crippen molar-refractivity contribution in [1.29, 1.82) is 0 Å². The molecule has 6 heteroatoms. The molecule has 2 rings (SSSR count). The number of rotatable bonds is 1. The minimum Gasteiger partial charge on any atom is -0.478 e. The zero-order valence-corrected chi connectivity index (χ0v) is 7.99. The summed E-state index contributed by atoms with van der Waals surface area (Å²) in [6.45, 7) is 0. The van der Waals surface area contributed by atoms with E-state index in [1.165, 1.54) is 12.5 Å². The smallest absolute Gasteiger partial charge is 0.338 e. The Labute approximate surface area is 84.0 Å². The van der Waals surface area contributed by atoms with Gasteiger partial charge >= 0.3 is 5.97 Å². The van der Waals surface area contributed by atoms with Crippen molar-refractivity contribution in [2.24, 2.45) is 7.05 Å². The van der Waals surface area contributed by atoms with E-state index in [2.05, 4.69) is 9.97 Å². The van der Waals surface area contributed by atoms with Gasteiger partial charge in [0.1, 0.15) is 5.52 Å². The van der Waals surface area contributed by atoms with Crippen LogP contribution < -0.4 is 0 Å². The number of halogens is 1. The lowest BCUT2D eigenvalue weighted by Gasteiger charge is -1.98. The molecule has 0 radical (unpaired) electrons. The highest BCUT2D eigenvalue weighted by molar-refractivity contribution is 6.37. The molecule has 0 saturated carbocycles. The number of carbonyl (C=O) groups is 1. The van der Waals surface area contributed by atoms with Crippen LogP contribution in [0.2, 0.25) is 5.02 Å². The van der Waals surface area contributed by atoms with Gasteiger partial charge in [0, 0.05) is 13.2 Å². The summed E-state index contributed by atoms with van der Waals surface area (Å²) in [6.07, 6.45) is 2.77. The fourth-order valence-corrected chi connectivity index (χ4v) is 1.45. The highest BCUT2D eigenvalue weighted by atomic mass is 35.5. The van der Waals surface area contributed by atoms with Gasteiger partial charge < -0.3 is 9.67 Å². The largest absolute Gasteiger partial charge is 0.478 e. The number of nitrogens with zero attached hydrogens (tertiary/aromatic N) is 3. The summed E-state index contributed by atoms with van der Waals surface area (Å²) in [5.41, 5.74) is 0.951. The first kappa shape index (κ1) is 8.96. The van der Waals surface area contributed by atoms with E-state index in [0.29, 0.717) is 11.2 Å². The molecule has 14 heavy (non-hydrogen) atoms. The number of fused-ring (bicyclic) bond motifs is 1. The number of pyridine rings is 1. The van der Waals surface area contributed by atoms with Crippen LogP contribution in [0.3, 0.4) is 0 Å². The molecule has 2 aromatic heterocycles. The van der Waals surface area contributed by atoms with E-state index in [1.807, 2.05) is 0 Å². The predicted octanol–water partition coefficient (Wildman–Crippen LogP) is 1.32. The van der Waals surface area contributed by atoms with Crippen LogP contribution in [0.25, 0.3) is 11.2 Å². The summed E-state index contributed by atoms with van der Waals surface area (Å²) >= 11 is 5.85. The molecule has 0 unspecified atom stereocenters. The lowest BCUT2D eigenvalue weighted by molar-refractivity contribution is 0.0697. The monoisotopic (exact) mass is 211 g/mol. The molecule has 0 aliphatic heterocycles. The van der Waals surface area contributed by atoms with Gasteiger partial charge in [-0.3, -0.25) is 0 Å². The van der Waals surface area contributed by atoms with Gasteiger partial charge in [-0.15, -0.1) is 0 Å². The third-order valence-corrected chi connectivity index (χ3v) is 2.28. The Hall–Kier alpha value is -1.62. The van der Waals surface area contributed by atoms with Gasteiger partial charge in [-0.1, -0.05) is 11.6 Å². The average molecular weight is 212 g/mol. The number of hydrogen-bond acceptors (Lipinski definition) is 3. The SMILES string of the molecule is Cn1cnc2c(Cl)c(C(=O)O)cnc21. The fourth-order valence-electron chi connectivity index (χ4n) is 1.19. The van der Waals surface area contributed by atoms with Crippen molar-refractivity contribution in [2.45, 2.75) is 0 Å². The summed E-state index contributed by atoms with van der Waals surface area (Å²) < 4.78 is 1.67. The molecule has 2 heterocycles. The fraction of sp³-hybridized carbons (Fsp3) is 0.125. The van der Waals surface area contributed by atoms with Crippen molar-refractivity contribution in [1.82, 2.24) is 14.5 Å². The van der Waals surface area contributed by atoms with E-state index >= 15 is 0 Å². The molecule has 0 amide bonds. The summed E-state index contributed by atoms with van der Waals surface area (Å²) in [7, 11) is 1.76. The van der Waals surface area contributed by atoms with E-state index in [-0.39, 0.29) is 10.6 Å². The number of hydrogen-bond donors (Lipinski definition) is 1. The highest BCUT2D eigenvalue weighted by Gasteiger charge is 2.14. The number of carboxylic acids is 1. The summed E-state index contributed by atoms with van der Waals surface area (Å²) in [5.74, 6) is -1.10. The van der Waals surface area contributed by atoms with Crippen LogP contribution in [0.1, 0.15) is 10.4 Å². The first-order chi connectivity index (χ1) is 6.61. The lowest BCUT2D eigenvalue weighted by atomic mass is 10.3. The van der Waals surface area contributed by atoms with Crippen molar-refractivity contribution in [2.75, 3.05) is 0 Å². The molecule has 2 aromatic rings. The second-order valence-corrected chi connectivity index (χ2v) is 3.20. The predicted molar refractivity (Wildman–Crippen MR) is 50.5 cm³/mol. The van der Waals surface area contributed by atoms with Crippen LogP contribution in [0.4, 0.5) is 0 Å². The van der Waals surface area contributed by atoms with E-state index < -0.39 is 5.97 Å². The van der Waals surface area contributed by atoms with Crippen molar-refractivity contribution in [3.05, 3.63) is 23.1 Å². The zero-order chi connectivity index (χ0) is 10.3. The Morgan fingerprint density at radius 1 is 1.57 bits per heavy atom. The van der Waals surface area contributed by atoms with Crippen LogP contribution in [0.5, 0.6) is 0 Å². The van der Waals surface area contributed by atoms with Crippen molar-refractivity contribution in [3.8, 4) is 0 Å². The standard InChI is InChI=1S/C8H6ClN3O2/c1-12-3-11-6-5(9)4(8(13)14)2-10-7(6)12/h2-3H,1H3,(H,13,14). The maximum absolute atomic E-state index is 10.7. The summed E-state index contributed by atoms with van der Waals surface area (Å²) in [4.78, 5) is 18.6. The third-order valence-electron chi connectivity index (χ3n) is 1.90. The van der Waals surface area contributed by atoms with Crippen LogP contribution in [0.15, 0.2) is 12.5 Å². The Morgan fingerprint density at radius 2 is 2.29 bits per heavy atom. The van der Waals surface area contributed by atoms with Crippen molar-refractivity contribution in [3.63, 3.8) is 0 Å². The van der Waals surface area contributed by atoms with Gasteiger partial charge in [0.2, 0.25) is 0 Å². The molecule has 0 atom stereocenters. The lowest BCUT2D eigenvalue weighted by Crippen LogP contribution is -1.99. The number of aromatic carboxylic acids is 1. The minimum absolute atomic E-state index is 0.0298. The van der Waals surface area contributed by atoms with Crippen LogP contribution >= 0.6 is 11.6 Å². The van der Waals surface area contributed by atoms with Crippen molar-refractivity contribution >= 4 is 28.7 Å². The molecule has 0 aliphatic rings. The molecule has 0 aliphatic carbocycles. The van der Waals surface area contributed by atoms with E-state index in [4.69, 9.17) is 16.7 Å². The van der Waals surface area contributed by atoms with Crippen LogP contribution in [-0.2, 0) is 7.05 Å². The van der Waals surface area contributed by atoms with Crippen LogP contribution in [0, 0.1) is 0 Å². The quantitative estimate of drug-likeness (QED) is 0.773.